The van der Waals surface area contributed by atoms with Crippen molar-refractivity contribution >= 4 is 33.9 Å². The van der Waals surface area contributed by atoms with Gasteiger partial charge in [-0.15, -0.1) is 11.3 Å². The number of thiophene rings is 1. The summed E-state index contributed by atoms with van der Waals surface area (Å²) in [6, 6.07) is 12.3. The Morgan fingerprint density at radius 2 is 2.26 bits per heavy atom. The van der Waals surface area contributed by atoms with Gasteiger partial charge in [-0.2, -0.15) is 10.3 Å². The van der Waals surface area contributed by atoms with Crippen molar-refractivity contribution < 1.29 is 9.53 Å². The Morgan fingerprint density at radius 1 is 1.35 bits per heavy atom. The maximum Gasteiger partial charge on any atom is 0.289 e. The van der Waals surface area contributed by atoms with E-state index in [1.165, 1.54) is 21.8 Å². The van der Waals surface area contributed by atoms with E-state index in [1.807, 2.05) is 0 Å². The molecule has 1 atom stereocenters. The Bertz CT molecular complexity index is 1470. The van der Waals surface area contributed by atoms with Gasteiger partial charge in [0.2, 0.25) is 0 Å². The highest BCUT2D eigenvalue weighted by Gasteiger charge is 2.21. The van der Waals surface area contributed by atoms with Crippen LogP contribution in [0.1, 0.15) is 28.1 Å². The third-order valence-corrected chi connectivity index (χ3v) is 6.12. The molecule has 4 aromatic rings. The zero-order chi connectivity index (χ0) is 21.4. The minimum absolute atomic E-state index is 0.107. The fraction of sp³-hybridized carbons (Fsp3) is 0.227. The summed E-state index contributed by atoms with van der Waals surface area (Å²) in [5.74, 6) is -0.440. The summed E-state index contributed by atoms with van der Waals surface area (Å²) in [5.41, 5.74) is 0.903. The van der Waals surface area contributed by atoms with Crippen LogP contribution >= 0.6 is 11.3 Å². The van der Waals surface area contributed by atoms with Crippen molar-refractivity contribution in [1.82, 2.24) is 14.0 Å². The molecule has 154 valence electrons. The number of amides is 1. The molecular formula is C22H17N5O3S. The summed E-state index contributed by atoms with van der Waals surface area (Å²) in [6.45, 7) is 0.999. The topological polar surface area (TPSA) is 102 Å². The minimum Gasteiger partial charge on any atom is -0.376 e. The summed E-state index contributed by atoms with van der Waals surface area (Å²) < 4.78 is 8.91. The second-order valence-electron chi connectivity index (χ2n) is 7.22. The van der Waals surface area contributed by atoms with E-state index in [-0.39, 0.29) is 22.7 Å². The van der Waals surface area contributed by atoms with Crippen molar-refractivity contribution in [1.29, 1.82) is 5.26 Å². The molecule has 31 heavy (non-hydrogen) atoms. The smallest absolute Gasteiger partial charge is 0.289 e. The number of pyridine rings is 2. The molecule has 8 nitrogen and oxygen atoms in total. The van der Waals surface area contributed by atoms with Crippen LogP contribution in [0.25, 0.3) is 16.7 Å². The van der Waals surface area contributed by atoms with Gasteiger partial charge in [-0.05, 0) is 42.5 Å². The Balaban J connectivity index is 1.85. The maximum atomic E-state index is 13.1. The molecule has 0 radical (unpaired) electrons. The third kappa shape index (κ3) is 3.46. The maximum absolute atomic E-state index is 13.1. The molecule has 1 aliphatic heterocycles. The average Bonchev–Trinajstić information content (AvgIpc) is 3.50. The Hall–Kier alpha value is -3.61. The second kappa shape index (κ2) is 7.91. The lowest BCUT2D eigenvalue weighted by Crippen LogP contribution is -2.32. The van der Waals surface area contributed by atoms with Gasteiger partial charge >= 0.3 is 0 Å². The number of aromatic nitrogens is 3. The Kier molecular flexibility index (Phi) is 4.94. The molecule has 1 fully saturated rings. The molecule has 5 rings (SSSR count). The summed E-state index contributed by atoms with van der Waals surface area (Å²) in [7, 11) is 0. The van der Waals surface area contributed by atoms with Crippen LogP contribution in [0.4, 0.5) is 0 Å². The first-order valence-electron chi connectivity index (χ1n) is 9.85. The molecule has 1 saturated heterocycles. The van der Waals surface area contributed by atoms with Gasteiger partial charge in [0.25, 0.3) is 11.5 Å². The van der Waals surface area contributed by atoms with Crippen molar-refractivity contribution in [2.45, 2.75) is 25.5 Å². The van der Waals surface area contributed by atoms with Crippen molar-refractivity contribution in [3.63, 3.8) is 0 Å². The first-order valence-corrected chi connectivity index (χ1v) is 10.7. The van der Waals surface area contributed by atoms with Crippen LogP contribution in [-0.4, -0.2) is 32.6 Å². The standard InChI is InChI=1S/C22H17N5O3S/c23-12-14-11-16-20(24-18-7-1-2-8-26(18)22(16)29)27(13-15-5-3-9-30-15)19(14)25-21(28)17-6-4-10-31-17/h1-2,4,6-8,10-11,15H,3,5,9,13H2. The van der Waals surface area contributed by atoms with Gasteiger partial charge in [-0.1, -0.05) is 12.1 Å². The van der Waals surface area contributed by atoms with Gasteiger partial charge < -0.3 is 9.30 Å². The highest BCUT2D eigenvalue weighted by atomic mass is 32.1. The van der Waals surface area contributed by atoms with Gasteiger partial charge in [-0.3, -0.25) is 14.0 Å². The number of carbonyl (C=O) groups excluding carboxylic acids is 1. The Morgan fingerprint density at radius 3 is 3.00 bits per heavy atom. The van der Waals surface area contributed by atoms with E-state index in [4.69, 9.17) is 4.74 Å². The SMILES string of the molecule is N#Cc1cc2c(=O)n3ccccc3nc2n(CC2CCCO2)c1=NC(=O)c1cccs1. The number of nitrogens with zero attached hydrogens (tertiary/aromatic N) is 5. The molecule has 9 heteroatoms. The molecule has 0 bridgehead atoms. The second-order valence-corrected chi connectivity index (χ2v) is 8.16. The zero-order valence-corrected chi connectivity index (χ0v) is 17.2. The van der Waals surface area contributed by atoms with E-state index < -0.39 is 5.91 Å². The molecular weight excluding hydrogens is 414 g/mol. The van der Waals surface area contributed by atoms with Crippen LogP contribution in [0.3, 0.4) is 0 Å². The molecule has 0 N–H and O–H groups in total. The van der Waals surface area contributed by atoms with Crippen molar-refractivity contribution in [2.24, 2.45) is 4.99 Å². The van der Waals surface area contributed by atoms with E-state index in [9.17, 15) is 14.9 Å². The fourth-order valence-electron chi connectivity index (χ4n) is 3.80. The summed E-state index contributed by atoms with van der Waals surface area (Å²) in [5, 5.41) is 11.9. The van der Waals surface area contributed by atoms with Gasteiger partial charge in [0.05, 0.1) is 28.5 Å². The fourth-order valence-corrected chi connectivity index (χ4v) is 4.40. The van der Waals surface area contributed by atoms with Crippen molar-refractivity contribution in [3.05, 3.63) is 74.3 Å². The molecule has 0 spiro atoms. The average molecular weight is 431 g/mol. The lowest BCUT2D eigenvalue weighted by molar-refractivity contribution is 0.0953. The molecule has 0 aromatic carbocycles. The van der Waals surface area contributed by atoms with Crippen LogP contribution in [0.5, 0.6) is 0 Å². The predicted octanol–water partition coefficient (Wildman–Crippen LogP) is 2.50. The van der Waals surface area contributed by atoms with E-state index in [1.54, 1.807) is 46.5 Å². The lowest BCUT2D eigenvalue weighted by atomic mass is 10.2. The largest absolute Gasteiger partial charge is 0.376 e. The van der Waals surface area contributed by atoms with Gasteiger partial charge in [-0.25, -0.2) is 4.98 Å². The Labute approximate surface area is 180 Å². The quantitative estimate of drug-likeness (QED) is 0.464. The molecule has 0 aliphatic carbocycles. The van der Waals surface area contributed by atoms with Crippen molar-refractivity contribution in [2.75, 3.05) is 6.61 Å². The summed E-state index contributed by atoms with van der Waals surface area (Å²) in [6.07, 6.45) is 3.31. The van der Waals surface area contributed by atoms with Crippen molar-refractivity contribution in [3.8, 4) is 6.07 Å². The monoisotopic (exact) mass is 431 g/mol. The number of hydrogen-bond acceptors (Lipinski definition) is 6. The number of nitriles is 1. The van der Waals surface area contributed by atoms with Gasteiger partial charge in [0.15, 0.2) is 5.49 Å². The predicted molar refractivity (Wildman–Crippen MR) is 115 cm³/mol. The first kappa shape index (κ1) is 19.4. The molecule has 0 saturated carbocycles. The van der Waals surface area contributed by atoms with E-state index in [0.717, 1.165) is 12.8 Å². The van der Waals surface area contributed by atoms with E-state index in [2.05, 4.69) is 16.0 Å². The normalized spacial score (nSPS) is 16.7. The highest BCUT2D eigenvalue weighted by Crippen LogP contribution is 2.17. The van der Waals surface area contributed by atoms with Crippen LogP contribution in [0.15, 0.2) is 57.8 Å². The van der Waals surface area contributed by atoms with Gasteiger partial charge in [0, 0.05) is 12.8 Å². The summed E-state index contributed by atoms with van der Waals surface area (Å²) in [4.78, 5) is 35.3. The number of hydrogen-bond donors (Lipinski definition) is 0. The lowest BCUT2D eigenvalue weighted by Gasteiger charge is -2.16. The van der Waals surface area contributed by atoms with Crippen LogP contribution in [0.2, 0.25) is 0 Å². The number of carbonyl (C=O) groups is 1. The van der Waals surface area contributed by atoms with E-state index >= 15 is 0 Å². The van der Waals surface area contributed by atoms with Crippen LogP contribution in [0, 0.1) is 11.3 Å². The first-order chi connectivity index (χ1) is 15.2. The molecule has 5 heterocycles. The molecule has 1 unspecified atom stereocenters. The zero-order valence-electron chi connectivity index (χ0n) is 16.4. The minimum atomic E-state index is -0.440. The number of rotatable bonds is 3. The van der Waals surface area contributed by atoms with Gasteiger partial charge in [0.1, 0.15) is 17.4 Å². The highest BCUT2D eigenvalue weighted by molar-refractivity contribution is 7.12. The van der Waals surface area contributed by atoms with Crippen LogP contribution in [-0.2, 0) is 11.3 Å². The number of fused-ring (bicyclic) bond motifs is 2. The third-order valence-electron chi connectivity index (χ3n) is 5.26. The van der Waals surface area contributed by atoms with Crippen LogP contribution < -0.4 is 11.0 Å². The molecule has 4 aromatic heterocycles. The molecule has 1 amide bonds. The van der Waals surface area contributed by atoms with E-state index in [0.29, 0.717) is 34.7 Å². The number of ether oxygens (including phenoxy) is 1. The summed E-state index contributed by atoms with van der Waals surface area (Å²) >= 11 is 1.28. The molecule has 1 aliphatic rings.